The third-order valence-electron chi connectivity index (χ3n) is 3.11. The number of rotatable bonds is 5. The molecule has 0 saturated carbocycles. The van der Waals surface area contributed by atoms with Crippen molar-refractivity contribution in [1.82, 2.24) is 14.8 Å². The first-order valence-electron chi connectivity index (χ1n) is 6.61. The van der Waals surface area contributed by atoms with Gasteiger partial charge in [-0.1, -0.05) is 26.0 Å². The van der Waals surface area contributed by atoms with Gasteiger partial charge in [-0.05, 0) is 6.07 Å². The summed E-state index contributed by atoms with van der Waals surface area (Å²) in [6.07, 6.45) is 0.179. The summed E-state index contributed by atoms with van der Waals surface area (Å²) in [5.41, 5.74) is -0.0689. The molecule has 0 fully saturated rings. The van der Waals surface area contributed by atoms with Gasteiger partial charge in [-0.3, -0.25) is 0 Å². The van der Waals surface area contributed by atoms with Crippen LogP contribution >= 0.6 is 0 Å². The average Bonchev–Trinajstić information content (AvgIpc) is 2.84. The minimum absolute atomic E-state index is 0.0521. The van der Waals surface area contributed by atoms with Gasteiger partial charge < -0.3 is 5.11 Å². The quantitative estimate of drug-likeness (QED) is 0.915. The minimum atomic E-state index is -1.16. The molecule has 1 N–H and O–H groups in total. The van der Waals surface area contributed by atoms with Gasteiger partial charge in [0.25, 0.3) is 0 Å². The molecule has 1 unspecified atom stereocenters. The predicted octanol–water partition coefficient (Wildman–Crippen LogP) is 2.41. The van der Waals surface area contributed by atoms with Crippen molar-refractivity contribution in [3.8, 4) is 0 Å². The maximum Gasteiger partial charge on any atom is 0.164 e. The van der Waals surface area contributed by atoms with Crippen molar-refractivity contribution in [2.75, 3.05) is 0 Å². The Morgan fingerprint density at radius 2 is 2.00 bits per heavy atom. The Kier molecular flexibility index (Phi) is 4.44. The van der Waals surface area contributed by atoms with E-state index in [2.05, 4.69) is 10.1 Å². The van der Waals surface area contributed by atoms with E-state index < -0.39 is 17.7 Å². The number of aryl methyl sites for hydroxylation is 2. The van der Waals surface area contributed by atoms with Crippen LogP contribution in [0.2, 0.25) is 0 Å². The molecule has 2 aromatic rings. The minimum Gasteiger partial charge on any atom is -0.386 e. The van der Waals surface area contributed by atoms with Crippen molar-refractivity contribution >= 4 is 0 Å². The van der Waals surface area contributed by atoms with Crippen LogP contribution in [-0.2, 0) is 19.4 Å². The van der Waals surface area contributed by atoms with E-state index in [1.54, 1.807) is 4.68 Å². The van der Waals surface area contributed by atoms with Crippen LogP contribution in [0.25, 0.3) is 0 Å². The molecule has 0 saturated heterocycles. The summed E-state index contributed by atoms with van der Waals surface area (Å²) in [7, 11) is 0. The van der Waals surface area contributed by atoms with Crippen molar-refractivity contribution < 1.29 is 13.9 Å². The second kappa shape index (κ2) is 6.09. The molecule has 1 atom stereocenters. The fourth-order valence-electron chi connectivity index (χ4n) is 2.02. The lowest BCUT2D eigenvalue weighted by Crippen LogP contribution is -2.14. The van der Waals surface area contributed by atoms with E-state index in [0.29, 0.717) is 18.7 Å². The zero-order valence-corrected chi connectivity index (χ0v) is 11.5. The molecule has 20 heavy (non-hydrogen) atoms. The lowest BCUT2D eigenvalue weighted by Gasteiger charge is -2.13. The summed E-state index contributed by atoms with van der Waals surface area (Å²) in [6, 6.07) is 3.76. The normalized spacial score (nSPS) is 12.7. The molecule has 0 aliphatic rings. The summed E-state index contributed by atoms with van der Waals surface area (Å²) in [4.78, 5) is 4.31. The molecule has 108 valence electrons. The Bertz CT molecular complexity index is 598. The highest BCUT2D eigenvalue weighted by Crippen LogP contribution is 2.21. The zero-order valence-electron chi connectivity index (χ0n) is 11.5. The molecule has 0 aliphatic heterocycles. The van der Waals surface area contributed by atoms with Crippen molar-refractivity contribution in [2.45, 2.75) is 39.3 Å². The predicted molar refractivity (Wildman–Crippen MR) is 70.1 cm³/mol. The highest BCUT2D eigenvalue weighted by Gasteiger charge is 2.18. The third kappa shape index (κ3) is 2.85. The molecule has 1 aromatic heterocycles. The fraction of sp³-hybridized carbons (Fsp3) is 0.429. The van der Waals surface area contributed by atoms with E-state index in [-0.39, 0.29) is 12.1 Å². The van der Waals surface area contributed by atoms with Crippen LogP contribution in [0, 0.1) is 11.6 Å². The average molecular weight is 281 g/mol. The maximum absolute atomic E-state index is 13.6. The van der Waals surface area contributed by atoms with Crippen molar-refractivity contribution in [3.63, 3.8) is 0 Å². The van der Waals surface area contributed by atoms with Crippen LogP contribution in [0.15, 0.2) is 18.2 Å². The topological polar surface area (TPSA) is 50.9 Å². The first-order chi connectivity index (χ1) is 9.56. The standard InChI is InChI=1S/C14H17F2N3O/c1-3-12-17-13(4-2)19(18-12)8-11(20)9-6-5-7-10(15)14(9)16/h5-7,11,20H,3-4,8H2,1-2H3. The fourth-order valence-corrected chi connectivity index (χ4v) is 2.02. The largest absolute Gasteiger partial charge is 0.386 e. The van der Waals surface area contributed by atoms with Crippen LogP contribution < -0.4 is 0 Å². The Morgan fingerprint density at radius 3 is 2.65 bits per heavy atom. The van der Waals surface area contributed by atoms with Gasteiger partial charge >= 0.3 is 0 Å². The van der Waals surface area contributed by atoms with E-state index in [9.17, 15) is 13.9 Å². The summed E-state index contributed by atoms with van der Waals surface area (Å²) in [5, 5.41) is 14.3. The van der Waals surface area contributed by atoms with Crippen LogP contribution in [0.3, 0.4) is 0 Å². The van der Waals surface area contributed by atoms with Gasteiger partial charge in [0.2, 0.25) is 0 Å². The van der Waals surface area contributed by atoms with Gasteiger partial charge in [0.1, 0.15) is 11.9 Å². The van der Waals surface area contributed by atoms with Gasteiger partial charge in [-0.2, -0.15) is 5.10 Å². The monoisotopic (exact) mass is 281 g/mol. The molecule has 0 amide bonds. The van der Waals surface area contributed by atoms with Gasteiger partial charge in [-0.15, -0.1) is 0 Å². The number of benzene rings is 1. The molecule has 0 radical (unpaired) electrons. The van der Waals surface area contributed by atoms with Gasteiger partial charge in [0.05, 0.1) is 6.54 Å². The molecule has 4 nitrogen and oxygen atoms in total. The van der Waals surface area contributed by atoms with Crippen molar-refractivity contribution in [3.05, 3.63) is 47.0 Å². The molecule has 0 bridgehead atoms. The van der Waals surface area contributed by atoms with Crippen LogP contribution in [0.5, 0.6) is 0 Å². The summed E-state index contributed by atoms with van der Waals surface area (Å²) in [5.74, 6) is -0.592. The lowest BCUT2D eigenvalue weighted by molar-refractivity contribution is 0.144. The van der Waals surface area contributed by atoms with E-state index in [0.717, 1.165) is 11.9 Å². The number of aliphatic hydroxyl groups is 1. The lowest BCUT2D eigenvalue weighted by atomic mass is 10.1. The van der Waals surface area contributed by atoms with Gasteiger partial charge in [-0.25, -0.2) is 18.4 Å². The number of aliphatic hydroxyl groups excluding tert-OH is 1. The number of halogens is 2. The van der Waals surface area contributed by atoms with E-state index in [1.165, 1.54) is 12.1 Å². The molecular weight excluding hydrogens is 264 g/mol. The van der Waals surface area contributed by atoms with Crippen LogP contribution in [0.4, 0.5) is 8.78 Å². The Morgan fingerprint density at radius 1 is 1.25 bits per heavy atom. The van der Waals surface area contributed by atoms with Gasteiger partial charge in [0.15, 0.2) is 17.5 Å². The summed E-state index contributed by atoms with van der Waals surface area (Å²) in [6.45, 7) is 3.91. The van der Waals surface area contributed by atoms with E-state index in [1.807, 2.05) is 13.8 Å². The highest BCUT2D eigenvalue weighted by molar-refractivity contribution is 5.21. The number of nitrogens with zero attached hydrogens (tertiary/aromatic N) is 3. The maximum atomic E-state index is 13.6. The Balaban J connectivity index is 2.25. The summed E-state index contributed by atoms with van der Waals surface area (Å²) >= 11 is 0. The van der Waals surface area contributed by atoms with Crippen LogP contribution in [-0.4, -0.2) is 19.9 Å². The highest BCUT2D eigenvalue weighted by atomic mass is 19.2. The molecule has 6 heteroatoms. The number of hydrogen-bond acceptors (Lipinski definition) is 3. The molecule has 0 aliphatic carbocycles. The molecular formula is C14H17F2N3O. The molecule has 1 heterocycles. The SMILES string of the molecule is CCc1nc(CC)n(CC(O)c2cccc(F)c2F)n1. The second-order valence-electron chi connectivity index (χ2n) is 4.49. The van der Waals surface area contributed by atoms with E-state index in [4.69, 9.17) is 0 Å². The Hall–Kier alpha value is -1.82. The smallest absolute Gasteiger partial charge is 0.164 e. The number of hydrogen-bond donors (Lipinski definition) is 1. The Labute approximate surface area is 116 Å². The molecule has 0 spiro atoms. The molecule has 2 rings (SSSR count). The first kappa shape index (κ1) is 14.6. The second-order valence-corrected chi connectivity index (χ2v) is 4.49. The molecule has 1 aromatic carbocycles. The summed E-state index contributed by atoms with van der Waals surface area (Å²) < 4.78 is 28.3. The first-order valence-corrected chi connectivity index (χ1v) is 6.61. The number of aromatic nitrogens is 3. The van der Waals surface area contributed by atoms with Crippen LogP contribution in [0.1, 0.15) is 37.2 Å². The van der Waals surface area contributed by atoms with E-state index >= 15 is 0 Å². The van der Waals surface area contributed by atoms with Crippen molar-refractivity contribution in [2.24, 2.45) is 0 Å². The van der Waals surface area contributed by atoms with Gasteiger partial charge in [0, 0.05) is 18.4 Å². The van der Waals surface area contributed by atoms with Crippen molar-refractivity contribution in [1.29, 1.82) is 0 Å². The third-order valence-corrected chi connectivity index (χ3v) is 3.11. The zero-order chi connectivity index (χ0) is 14.7.